The molecule has 8 rings (SSSR count). The predicted octanol–water partition coefficient (Wildman–Crippen LogP) is 2.84. The molecule has 0 bridgehead atoms. The number of carbonyl (C=O) groups is 16. The lowest BCUT2D eigenvalue weighted by atomic mass is 9.98. The molecule has 40 heteroatoms. The van der Waals surface area contributed by atoms with Crippen molar-refractivity contribution in [2.75, 3.05) is 66.4 Å². The number of amides is 15. The van der Waals surface area contributed by atoms with E-state index >= 15 is 42.3 Å². The highest BCUT2D eigenvalue weighted by molar-refractivity contribution is 8.00. The van der Waals surface area contributed by atoms with Crippen molar-refractivity contribution in [3.63, 3.8) is 0 Å². The lowest BCUT2D eigenvalue weighted by Crippen LogP contribution is -2.61. The van der Waals surface area contributed by atoms with Crippen LogP contribution >= 0.6 is 11.8 Å². The molecule has 0 saturated carbocycles. The number of aryl methyl sites for hydroxylation is 1. The number of benzene rings is 6. The van der Waals surface area contributed by atoms with E-state index in [4.69, 9.17) is 5.73 Å². The van der Waals surface area contributed by atoms with E-state index in [0.29, 0.717) is 58.1 Å². The topological polar surface area (TPSA) is 520 Å². The number of aromatic hydroxyl groups is 3. The van der Waals surface area contributed by atoms with Gasteiger partial charge >= 0.3 is 5.97 Å². The lowest BCUT2D eigenvalue weighted by molar-refractivity contribution is -0.151. The van der Waals surface area contributed by atoms with Gasteiger partial charge in [-0.25, -0.2) is 13.2 Å². The molecular weight excluding hydrogens is 1760 g/mol. The molecule has 1 fully saturated rings. The van der Waals surface area contributed by atoms with E-state index < -0.39 is 252 Å². The number of H-pyrrole nitrogens is 1. The Balaban J connectivity index is 1.23. The number of carboxylic acids is 1. The third-order valence-electron chi connectivity index (χ3n) is 22.6. The number of nitrogens with zero attached hydrogens (tertiary/aromatic N) is 5. The summed E-state index contributed by atoms with van der Waals surface area (Å²) in [6.07, 6.45) is -1.31. The first kappa shape index (κ1) is 105. The van der Waals surface area contributed by atoms with E-state index in [0.717, 1.165) is 42.0 Å². The number of likely N-dealkylation sites (N-methyl/N-ethyl adjacent to an activating group) is 5. The Labute approximate surface area is 777 Å². The van der Waals surface area contributed by atoms with Crippen LogP contribution in [0.2, 0.25) is 0 Å². The first-order valence-corrected chi connectivity index (χ1v) is 44.8. The molecule has 0 radical (unpaired) electrons. The second-order valence-corrected chi connectivity index (χ2v) is 35.0. The Morgan fingerprint density at radius 3 is 1.60 bits per heavy atom. The zero-order valence-corrected chi connectivity index (χ0v) is 76.9. The third kappa shape index (κ3) is 30.8. The van der Waals surface area contributed by atoms with E-state index in [2.05, 4.69) is 52.8 Å². The van der Waals surface area contributed by atoms with E-state index in [1.165, 1.54) is 79.4 Å². The van der Waals surface area contributed by atoms with Crippen LogP contribution in [0.25, 0.3) is 10.9 Å². The highest BCUT2D eigenvalue weighted by atomic mass is 32.2. The first-order chi connectivity index (χ1) is 63.5. The van der Waals surface area contributed by atoms with Crippen LogP contribution in [0.1, 0.15) is 107 Å². The summed E-state index contributed by atoms with van der Waals surface area (Å²) in [5.41, 5.74) is 7.84. The minimum atomic E-state index is -1.97. The van der Waals surface area contributed by atoms with Crippen molar-refractivity contribution in [2.24, 2.45) is 17.6 Å². The van der Waals surface area contributed by atoms with Gasteiger partial charge in [0.25, 0.3) is 0 Å². The van der Waals surface area contributed by atoms with Gasteiger partial charge < -0.3 is 103 Å². The Bertz CT molecular complexity index is 5340. The molecule has 1 aromatic heterocycles. The van der Waals surface area contributed by atoms with Crippen LogP contribution in [0, 0.1) is 29.3 Å². The second kappa shape index (κ2) is 50.0. The summed E-state index contributed by atoms with van der Waals surface area (Å²) in [7, 11) is 6.07. The molecule has 1 aliphatic heterocycles. The molecule has 0 unspecified atom stereocenters. The number of nitrogens with one attached hydrogen (secondary N) is 10. The van der Waals surface area contributed by atoms with Crippen molar-refractivity contribution in [1.29, 1.82) is 0 Å². The van der Waals surface area contributed by atoms with Crippen molar-refractivity contribution in [2.45, 2.75) is 178 Å². The number of aromatic nitrogens is 1. The number of hydrogen-bond donors (Lipinski definition) is 15. The van der Waals surface area contributed by atoms with Crippen LogP contribution < -0.4 is 53.6 Å². The molecule has 7 aromatic rings. The van der Waals surface area contributed by atoms with Crippen LogP contribution in [0.5, 0.6) is 17.2 Å². The average molecular weight is 1880 g/mol. The van der Waals surface area contributed by atoms with Crippen molar-refractivity contribution in [1.82, 2.24) is 77.3 Å². The molecular formula is C94H117F3N16O20S. The number of carboxylic acid groups (broad SMARTS) is 1. The summed E-state index contributed by atoms with van der Waals surface area (Å²) in [5.74, 6) is -26.1. The van der Waals surface area contributed by atoms with Gasteiger partial charge in [-0.3, -0.25) is 76.7 Å². The maximum absolute atomic E-state index is 15.5. The van der Waals surface area contributed by atoms with Gasteiger partial charge in [-0.2, -0.15) is 0 Å². The number of phenolic OH excluding ortho intramolecular Hbond substituents is 3. The number of aromatic amines is 1. The Morgan fingerprint density at radius 2 is 1.00 bits per heavy atom. The number of unbranched alkanes of at least 4 members (excludes halogenated alkanes) is 1. The standard InChI is InChI=1S/C94H117F3N16O20S/c1-11-12-27-72-92(131)110(7)49-79(119)102-68(45-81(121)122)88(127)108-83(53(4)5)94(133)112(9)73(42-54-21-15-13-16-22-54)89(128)106-69(39-56-28-32-60(114)33-29-56)90(129)109(6)48-78(118)101-65(34-31-59-46-99-64-26-20-19-25-61(59)64)85(124)105-67(40-57-30-35-75(115)76(116)44-57)87(126)104-66(36-52(2)3)86(125)107-71(84(123)100-47-77(98)117)50-134-51-80(120)103-70(41-58-37-62(95)82(97)63(96)38-58)91(130)113(10)74(93(132)111(72)8)43-55-23-17-14-18-24-55/h13-26,28-30,32-33,35,37-38,44,46,52-53,65-74,83,99,114-116H,11-12,27,31,34,36,39-43,45,47-51H2,1-10H3,(H2,98,117)(H,100,123)(H,101,118)(H,102,119)(H,103,120)(H,104,126)(H,105,124)(H,106,128)(H,107,125)(H,108,127)(H,121,122)/t65-,66-,67-,68-,69-,70-,71-,72-,73-,74-,83-/m0/s1. The minimum Gasteiger partial charge on any atom is -0.508 e. The fraction of sp³-hybridized carbons (Fsp3) is 0.426. The number of thioether (sulfide) groups is 1. The molecule has 1 aliphatic rings. The van der Waals surface area contributed by atoms with Gasteiger partial charge in [0.15, 0.2) is 29.0 Å². The molecule has 16 N–H and O–H groups in total. The number of nitrogens with two attached hydrogens (primary N) is 1. The molecule has 0 spiro atoms. The number of halogens is 3. The predicted molar refractivity (Wildman–Crippen MR) is 488 cm³/mol. The van der Waals surface area contributed by atoms with Crippen molar-refractivity contribution < 1.29 is 110 Å². The molecule has 0 aliphatic carbocycles. The fourth-order valence-electron chi connectivity index (χ4n) is 15.3. The van der Waals surface area contributed by atoms with Crippen molar-refractivity contribution >= 4 is 117 Å². The third-order valence-corrected chi connectivity index (χ3v) is 23.7. The molecule has 36 nitrogen and oxygen atoms in total. The first-order valence-electron chi connectivity index (χ1n) is 43.6. The molecule has 2 heterocycles. The van der Waals surface area contributed by atoms with Crippen LogP contribution in [0.4, 0.5) is 13.2 Å². The molecule has 6 aromatic carbocycles. The van der Waals surface area contributed by atoms with Crippen LogP contribution in [0.15, 0.2) is 146 Å². The van der Waals surface area contributed by atoms with Gasteiger partial charge in [0.2, 0.25) is 88.6 Å². The normalized spacial score (nSPS) is 21.6. The van der Waals surface area contributed by atoms with Crippen molar-refractivity contribution in [3.05, 3.63) is 197 Å². The van der Waals surface area contributed by atoms with Gasteiger partial charge in [0.1, 0.15) is 72.2 Å². The minimum absolute atomic E-state index is 0.0577. The molecule has 134 heavy (non-hydrogen) atoms. The second-order valence-electron chi connectivity index (χ2n) is 33.9. The number of phenols is 3. The smallest absolute Gasteiger partial charge is 0.305 e. The van der Waals surface area contributed by atoms with E-state index in [1.807, 2.05) is 6.07 Å². The number of hydrogen-bond acceptors (Lipinski definition) is 20. The summed E-state index contributed by atoms with van der Waals surface area (Å²) in [4.78, 5) is 243. The maximum atomic E-state index is 15.5. The SMILES string of the molecule is CCCC[C@H]1C(=O)N(C)CC(=O)N[C@@H](CC(=O)O)C(=O)N[C@@H](C(C)C)C(=O)N(C)[C@@H](Cc2ccccc2)C(=O)N[C@@H](Cc2ccc(O)cc2)C(=O)N(C)CC(=O)N[C@@H](CCc2c[nH]c3ccccc23)C(=O)N[C@@H](Cc2ccc(O)c(O)c2)C(=O)N[C@@H](CC(C)C)C(=O)N[C@H](C(=O)NCC(N)=O)CSCC(=O)N[C@@H](Cc2cc(F)c(F)c(F)c2)C(=O)N(C)[C@@H](Cc2ccccc2)C(=O)N1C. The van der Waals surface area contributed by atoms with E-state index in [1.54, 1.807) is 106 Å². The zero-order chi connectivity index (χ0) is 98.5. The van der Waals surface area contributed by atoms with E-state index in [-0.39, 0.29) is 68.2 Å². The van der Waals surface area contributed by atoms with Gasteiger partial charge in [-0.15, -0.1) is 11.8 Å². The van der Waals surface area contributed by atoms with Gasteiger partial charge in [-0.05, 0) is 113 Å². The fourth-order valence-corrected chi connectivity index (χ4v) is 16.2. The Kier molecular flexibility index (Phi) is 39.3. The lowest BCUT2D eigenvalue weighted by Gasteiger charge is -2.37. The van der Waals surface area contributed by atoms with Crippen LogP contribution in [-0.2, 0) is 115 Å². The highest BCUT2D eigenvalue weighted by Crippen LogP contribution is 2.28. The molecule has 11 atom stereocenters. The quantitative estimate of drug-likeness (QED) is 0.0305. The maximum Gasteiger partial charge on any atom is 0.305 e. The summed E-state index contributed by atoms with van der Waals surface area (Å²) >= 11 is 0.649. The summed E-state index contributed by atoms with van der Waals surface area (Å²) in [6.45, 7) is 5.66. The Hall–Kier alpha value is -14.1. The van der Waals surface area contributed by atoms with Crippen molar-refractivity contribution in [3.8, 4) is 17.2 Å². The molecule has 720 valence electrons. The summed E-state index contributed by atoms with van der Waals surface area (Å²) in [5, 5.41) is 65.6. The molecule has 15 amide bonds. The monoisotopic (exact) mass is 1880 g/mol. The van der Waals surface area contributed by atoms with Crippen LogP contribution in [0.3, 0.4) is 0 Å². The number of carbonyl (C=O) groups excluding carboxylic acids is 15. The summed E-state index contributed by atoms with van der Waals surface area (Å²) in [6, 6.07) is 15.4. The highest BCUT2D eigenvalue weighted by Gasteiger charge is 2.43. The zero-order valence-electron chi connectivity index (χ0n) is 76.1. The summed E-state index contributed by atoms with van der Waals surface area (Å²) < 4.78 is 45.0. The van der Waals surface area contributed by atoms with Gasteiger partial charge in [-0.1, -0.05) is 145 Å². The number of primary amides is 1. The number of rotatable bonds is 24. The van der Waals surface area contributed by atoms with Gasteiger partial charge in [0.05, 0.1) is 31.8 Å². The number of fused-ring (bicyclic) bond motifs is 1. The van der Waals surface area contributed by atoms with Gasteiger partial charge in [0, 0.05) is 90.2 Å². The van der Waals surface area contributed by atoms with Crippen LogP contribution in [-0.4, -0.2) is 277 Å². The number of aliphatic carboxylic acids is 1. The largest absolute Gasteiger partial charge is 0.508 e. The van der Waals surface area contributed by atoms with E-state index in [9.17, 15) is 68.0 Å². The Morgan fingerprint density at radius 1 is 0.493 bits per heavy atom. The molecule has 1 saturated heterocycles. The average Bonchev–Trinajstić information content (AvgIpc) is 1.19. The number of para-hydroxylation sites is 1.